The van der Waals surface area contributed by atoms with Gasteiger partial charge in [-0.1, -0.05) is 0 Å². The third kappa shape index (κ3) is 1.55. The predicted octanol–water partition coefficient (Wildman–Crippen LogP) is 1.58. The van der Waals surface area contributed by atoms with E-state index in [2.05, 4.69) is 4.89 Å². The summed E-state index contributed by atoms with van der Waals surface area (Å²) in [5.41, 5.74) is 0. The van der Waals surface area contributed by atoms with E-state index in [-0.39, 0.29) is 6.61 Å². The first kappa shape index (κ1) is 6.32. The summed E-state index contributed by atoms with van der Waals surface area (Å²) in [6.45, 7) is 1.95. The van der Waals surface area contributed by atoms with Crippen molar-refractivity contribution in [2.45, 2.75) is 13.5 Å². The molecule has 1 rings (SSSR count). The summed E-state index contributed by atoms with van der Waals surface area (Å²) in [5.74, 6) is 1.46. The van der Waals surface area contributed by atoms with Crippen LogP contribution in [-0.2, 0) is 11.5 Å². The van der Waals surface area contributed by atoms with Gasteiger partial charge in [-0.05, 0) is 19.1 Å². The first-order valence-corrected chi connectivity index (χ1v) is 2.64. The second kappa shape index (κ2) is 2.66. The highest BCUT2D eigenvalue weighted by Gasteiger charge is 1.95. The van der Waals surface area contributed by atoms with Gasteiger partial charge < -0.3 is 4.42 Å². The van der Waals surface area contributed by atoms with Gasteiger partial charge in [-0.25, -0.2) is 4.89 Å². The van der Waals surface area contributed by atoms with E-state index in [4.69, 9.17) is 9.67 Å². The Hall–Kier alpha value is -0.800. The van der Waals surface area contributed by atoms with Gasteiger partial charge in [0, 0.05) is 0 Å². The van der Waals surface area contributed by atoms with Crippen LogP contribution in [0.2, 0.25) is 0 Å². The van der Waals surface area contributed by atoms with Crippen molar-refractivity contribution in [3.05, 3.63) is 23.7 Å². The van der Waals surface area contributed by atoms with Gasteiger partial charge in [-0.2, -0.15) is 0 Å². The van der Waals surface area contributed by atoms with E-state index in [9.17, 15) is 0 Å². The molecule has 0 unspecified atom stereocenters. The largest absolute Gasteiger partial charge is 0.464 e. The minimum absolute atomic E-state index is 0.119. The third-order valence-corrected chi connectivity index (χ3v) is 1.00. The quantitative estimate of drug-likeness (QED) is 0.485. The van der Waals surface area contributed by atoms with Gasteiger partial charge in [-0.3, -0.25) is 5.26 Å². The molecule has 0 aliphatic heterocycles. The Labute approximate surface area is 52.8 Å². The Balaban J connectivity index is 2.61. The maximum absolute atomic E-state index is 7.97. The van der Waals surface area contributed by atoms with E-state index in [1.54, 1.807) is 6.07 Å². The molecule has 0 bridgehead atoms. The van der Waals surface area contributed by atoms with E-state index in [0.29, 0.717) is 5.76 Å². The highest BCUT2D eigenvalue weighted by atomic mass is 17.1. The van der Waals surface area contributed by atoms with Crippen molar-refractivity contribution in [1.82, 2.24) is 0 Å². The van der Waals surface area contributed by atoms with E-state index in [1.807, 2.05) is 13.0 Å². The van der Waals surface area contributed by atoms with Crippen LogP contribution in [0, 0.1) is 6.92 Å². The van der Waals surface area contributed by atoms with Gasteiger partial charge in [0.05, 0.1) is 0 Å². The van der Waals surface area contributed by atoms with E-state index in [1.165, 1.54) is 0 Å². The first-order valence-electron chi connectivity index (χ1n) is 2.64. The van der Waals surface area contributed by atoms with Crippen LogP contribution in [0.1, 0.15) is 11.5 Å². The highest BCUT2D eigenvalue weighted by molar-refractivity contribution is 5.04. The number of furan rings is 1. The third-order valence-electron chi connectivity index (χ3n) is 1.00. The number of hydrogen-bond donors (Lipinski definition) is 1. The Morgan fingerprint density at radius 1 is 1.67 bits per heavy atom. The fourth-order valence-electron chi connectivity index (χ4n) is 0.626. The molecule has 50 valence electrons. The van der Waals surface area contributed by atoms with Crippen LogP contribution in [0.15, 0.2) is 16.5 Å². The first-order chi connectivity index (χ1) is 4.33. The molecule has 0 spiro atoms. The molecule has 0 fully saturated rings. The zero-order chi connectivity index (χ0) is 6.69. The van der Waals surface area contributed by atoms with E-state index in [0.717, 1.165) is 5.76 Å². The summed E-state index contributed by atoms with van der Waals surface area (Å²) in [4.78, 5) is 3.85. The molecule has 3 nitrogen and oxygen atoms in total. The molecule has 1 heterocycles. The van der Waals surface area contributed by atoms with Crippen molar-refractivity contribution in [1.29, 1.82) is 0 Å². The zero-order valence-corrected chi connectivity index (χ0v) is 5.13. The SMILES string of the molecule is Cc1ccc(COO)o1. The molecular formula is C6H8O3. The van der Waals surface area contributed by atoms with Gasteiger partial charge in [-0.15, -0.1) is 0 Å². The van der Waals surface area contributed by atoms with Gasteiger partial charge in [0.15, 0.2) is 0 Å². The molecule has 1 aromatic rings. The minimum Gasteiger partial charge on any atom is -0.464 e. The molecule has 0 aromatic carbocycles. The fourth-order valence-corrected chi connectivity index (χ4v) is 0.626. The van der Waals surface area contributed by atoms with Crippen LogP contribution in [0.3, 0.4) is 0 Å². The lowest BCUT2D eigenvalue weighted by Gasteiger charge is -1.88. The second-order valence-corrected chi connectivity index (χ2v) is 1.79. The molecule has 0 aliphatic rings. The minimum atomic E-state index is 0.119. The molecule has 3 heteroatoms. The summed E-state index contributed by atoms with van der Waals surface area (Å²) in [7, 11) is 0. The Morgan fingerprint density at radius 3 is 2.89 bits per heavy atom. The zero-order valence-electron chi connectivity index (χ0n) is 5.13. The summed E-state index contributed by atoms with van der Waals surface area (Å²) in [5, 5.41) is 7.97. The summed E-state index contributed by atoms with van der Waals surface area (Å²) < 4.78 is 5.04. The average molecular weight is 128 g/mol. The molecule has 1 aromatic heterocycles. The maximum Gasteiger partial charge on any atom is 0.140 e. The van der Waals surface area contributed by atoms with Crippen molar-refractivity contribution in [3.8, 4) is 0 Å². The maximum atomic E-state index is 7.97. The van der Waals surface area contributed by atoms with Crippen LogP contribution in [0.4, 0.5) is 0 Å². The summed E-state index contributed by atoms with van der Waals surface area (Å²) in [6, 6.07) is 3.57. The fraction of sp³-hybridized carbons (Fsp3) is 0.333. The van der Waals surface area contributed by atoms with E-state index < -0.39 is 0 Å². The number of aryl methyl sites for hydroxylation is 1. The van der Waals surface area contributed by atoms with Crippen molar-refractivity contribution in [2.75, 3.05) is 0 Å². The van der Waals surface area contributed by atoms with Crippen LogP contribution in [0.25, 0.3) is 0 Å². The normalized spacial score (nSPS) is 10.0. The van der Waals surface area contributed by atoms with Crippen LogP contribution in [-0.4, -0.2) is 5.26 Å². The van der Waals surface area contributed by atoms with Crippen molar-refractivity contribution in [2.24, 2.45) is 0 Å². The van der Waals surface area contributed by atoms with Gasteiger partial charge >= 0.3 is 0 Å². The number of hydrogen-bond acceptors (Lipinski definition) is 3. The van der Waals surface area contributed by atoms with Crippen LogP contribution < -0.4 is 0 Å². The second-order valence-electron chi connectivity index (χ2n) is 1.79. The monoisotopic (exact) mass is 128 g/mol. The lowest BCUT2D eigenvalue weighted by Crippen LogP contribution is -1.82. The molecule has 0 saturated carbocycles. The van der Waals surface area contributed by atoms with Crippen molar-refractivity contribution in [3.63, 3.8) is 0 Å². The molecule has 0 aliphatic carbocycles. The smallest absolute Gasteiger partial charge is 0.140 e. The molecule has 1 N–H and O–H groups in total. The number of rotatable bonds is 2. The van der Waals surface area contributed by atoms with Gasteiger partial charge in [0.2, 0.25) is 0 Å². The van der Waals surface area contributed by atoms with Crippen LogP contribution >= 0.6 is 0 Å². The standard InChI is InChI=1S/C6H8O3/c1-5-2-3-6(9-5)4-8-7/h2-3,7H,4H2,1H3. The molecule has 9 heavy (non-hydrogen) atoms. The van der Waals surface area contributed by atoms with Crippen LogP contribution in [0.5, 0.6) is 0 Å². The Kier molecular flexibility index (Phi) is 1.87. The Morgan fingerprint density at radius 2 is 2.44 bits per heavy atom. The van der Waals surface area contributed by atoms with Gasteiger partial charge in [0.25, 0.3) is 0 Å². The highest BCUT2D eigenvalue weighted by Crippen LogP contribution is 2.05. The van der Waals surface area contributed by atoms with Crippen molar-refractivity contribution < 1.29 is 14.6 Å². The van der Waals surface area contributed by atoms with Crippen molar-refractivity contribution >= 4 is 0 Å². The molecule has 0 radical (unpaired) electrons. The van der Waals surface area contributed by atoms with E-state index >= 15 is 0 Å². The molecule has 0 atom stereocenters. The average Bonchev–Trinajstić information content (AvgIpc) is 2.17. The summed E-state index contributed by atoms with van der Waals surface area (Å²) >= 11 is 0. The topological polar surface area (TPSA) is 42.6 Å². The lowest BCUT2D eigenvalue weighted by molar-refractivity contribution is -0.256. The lowest BCUT2D eigenvalue weighted by atomic mass is 10.4. The summed E-state index contributed by atoms with van der Waals surface area (Å²) in [6.07, 6.45) is 0. The predicted molar refractivity (Wildman–Crippen MR) is 30.9 cm³/mol. The van der Waals surface area contributed by atoms with Gasteiger partial charge in [0.1, 0.15) is 18.1 Å². The molecule has 0 amide bonds. The molecule has 0 saturated heterocycles. The Bertz CT molecular complexity index is 180. The molecular weight excluding hydrogens is 120 g/mol.